The molecule has 2 unspecified atom stereocenters. The molecule has 2 aromatic rings. The van der Waals surface area contributed by atoms with Gasteiger partial charge in [-0.3, -0.25) is 0 Å². The van der Waals surface area contributed by atoms with Gasteiger partial charge in [-0.25, -0.2) is 0 Å². The zero-order chi connectivity index (χ0) is 14.0. The molecule has 1 aromatic heterocycles. The summed E-state index contributed by atoms with van der Waals surface area (Å²) in [5.41, 5.74) is 2.57. The van der Waals surface area contributed by atoms with E-state index in [1.165, 1.54) is 20.9 Å². The Morgan fingerprint density at radius 3 is 2.21 bits per heavy atom. The van der Waals surface area contributed by atoms with Crippen LogP contribution < -0.4 is 5.32 Å². The number of rotatable bonds is 4. The average Bonchev–Trinajstić information content (AvgIpc) is 2.69. The minimum absolute atomic E-state index is 0.259. The van der Waals surface area contributed by atoms with Crippen molar-refractivity contribution >= 4 is 11.3 Å². The average molecular weight is 275 g/mol. The third-order valence-corrected chi connectivity index (χ3v) is 4.42. The van der Waals surface area contributed by atoms with Gasteiger partial charge in [0.2, 0.25) is 0 Å². The summed E-state index contributed by atoms with van der Waals surface area (Å²) in [5.74, 6) is 0.313. The molecule has 0 amide bonds. The normalized spacial score (nSPS) is 14.3. The van der Waals surface area contributed by atoms with Crippen molar-refractivity contribution < 1.29 is 5.11 Å². The maximum atomic E-state index is 9.32. The largest absolute Gasteiger partial charge is 0.508 e. The first kappa shape index (κ1) is 14.1. The lowest BCUT2D eigenvalue weighted by Gasteiger charge is -2.20. The van der Waals surface area contributed by atoms with E-state index in [1.807, 2.05) is 23.5 Å². The lowest BCUT2D eigenvalue weighted by Crippen LogP contribution is -2.22. The van der Waals surface area contributed by atoms with E-state index < -0.39 is 0 Å². The van der Waals surface area contributed by atoms with Crippen LogP contribution in [0.5, 0.6) is 5.75 Å². The Bertz CT molecular complexity index is 544. The summed E-state index contributed by atoms with van der Waals surface area (Å²) in [6, 6.07) is 10.2. The Labute approximate surface area is 119 Å². The van der Waals surface area contributed by atoms with Crippen molar-refractivity contribution in [2.75, 3.05) is 0 Å². The maximum absolute atomic E-state index is 9.32. The Balaban J connectivity index is 2.08. The van der Waals surface area contributed by atoms with Crippen molar-refractivity contribution in [2.45, 2.75) is 39.8 Å². The molecule has 0 saturated heterocycles. The molecule has 0 bridgehead atoms. The molecule has 3 heteroatoms. The standard InChI is InChI=1S/C16H21NOS/c1-10-9-16(13(4)19-10)12(3)17-11(2)14-5-7-15(18)8-6-14/h5-9,11-12,17-18H,1-4H3. The number of aromatic hydroxyl groups is 1. The predicted octanol–water partition coefficient (Wildman–Crippen LogP) is 4.48. The van der Waals surface area contributed by atoms with Crippen molar-refractivity contribution in [2.24, 2.45) is 0 Å². The van der Waals surface area contributed by atoms with Crippen LogP contribution in [-0.4, -0.2) is 5.11 Å². The molecule has 0 aliphatic carbocycles. The summed E-state index contributed by atoms with van der Waals surface area (Å²) in [5, 5.41) is 12.9. The van der Waals surface area contributed by atoms with Crippen molar-refractivity contribution in [1.82, 2.24) is 5.32 Å². The van der Waals surface area contributed by atoms with Crippen LogP contribution in [0.15, 0.2) is 30.3 Å². The topological polar surface area (TPSA) is 32.3 Å². The number of benzene rings is 1. The van der Waals surface area contributed by atoms with Gasteiger partial charge in [0.25, 0.3) is 0 Å². The second-order valence-electron chi connectivity index (χ2n) is 5.07. The van der Waals surface area contributed by atoms with Crippen molar-refractivity contribution in [3.8, 4) is 5.75 Å². The maximum Gasteiger partial charge on any atom is 0.115 e. The van der Waals surface area contributed by atoms with E-state index in [4.69, 9.17) is 0 Å². The summed E-state index contributed by atoms with van der Waals surface area (Å²) < 4.78 is 0. The van der Waals surface area contributed by atoms with Gasteiger partial charge in [0.15, 0.2) is 0 Å². The molecule has 2 rings (SSSR count). The molecule has 0 aliphatic heterocycles. The highest BCUT2D eigenvalue weighted by atomic mass is 32.1. The van der Waals surface area contributed by atoms with Crippen LogP contribution in [-0.2, 0) is 0 Å². The molecule has 19 heavy (non-hydrogen) atoms. The summed E-state index contributed by atoms with van der Waals surface area (Å²) in [7, 11) is 0. The first-order valence-corrected chi connectivity index (χ1v) is 7.41. The molecule has 1 heterocycles. The third-order valence-electron chi connectivity index (χ3n) is 3.44. The van der Waals surface area contributed by atoms with Gasteiger partial charge < -0.3 is 10.4 Å². The number of phenols is 1. The van der Waals surface area contributed by atoms with Gasteiger partial charge in [-0.05, 0) is 57.0 Å². The minimum atomic E-state index is 0.259. The fraction of sp³-hybridized carbons (Fsp3) is 0.375. The molecule has 102 valence electrons. The van der Waals surface area contributed by atoms with E-state index in [1.54, 1.807) is 12.1 Å². The first-order valence-electron chi connectivity index (χ1n) is 6.59. The van der Waals surface area contributed by atoms with Crippen LogP contribution >= 0.6 is 11.3 Å². The molecular weight excluding hydrogens is 254 g/mol. The second-order valence-corrected chi connectivity index (χ2v) is 6.53. The zero-order valence-corrected chi connectivity index (χ0v) is 12.7. The summed E-state index contributed by atoms with van der Waals surface area (Å²) in [6.45, 7) is 8.68. The summed E-state index contributed by atoms with van der Waals surface area (Å²) in [6.07, 6.45) is 0. The van der Waals surface area contributed by atoms with E-state index in [2.05, 4.69) is 39.1 Å². The molecular formula is C16H21NOS. The van der Waals surface area contributed by atoms with Crippen molar-refractivity contribution in [1.29, 1.82) is 0 Å². The highest BCUT2D eigenvalue weighted by Gasteiger charge is 2.14. The molecule has 0 spiro atoms. The van der Waals surface area contributed by atoms with Crippen LogP contribution in [0.25, 0.3) is 0 Å². The number of hydrogen-bond acceptors (Lipinski definition) is 3. The molecule has 0 radical (unpaired) electrons. The lowest BCUT2D eigenvalue weighted by molar-refractivity contribution is 0.472. The van der Waals surface area contributed by atoms with Crippen LogP contribution in [0.1, 0.15) is 46.8 Å². The van der Waals surface area contributed by atoms with Crippen LogP contribution in [0.3, 0.4) is 0 Å². The van der Waals surface area contributed by atoms with Gasteiger partial charge in [0.1, 0.15) is 5.75 Å². The zero-order valence-electron chi connectivity index (χ0n) is 11.9. The number of thiophene rings is 1. The highest BCUT2D eigenvalue weighted by Crippen LogP contribution is 2.28. The second kappa shape index (κ2) is 5.76. The number of hydrogen-bond donors (Lipinski definition) is 2. The minimum Gasteiger partial charge on any atom is -0.508 e. The molecule has 2 N–H and O–H groups in total. The Kier molecular flexibility index (Phi) is 4.27. The molecule has 2 nitrogen and oxygen atoms in total. The van der Waals surface area contributed by atoms with Gasteiger partial charge in [-0.1, -0.05) is 12.1 Å². The Hall–Kier alpha value is -1.32. The Morgan fingerprint density at radius 1 is 1.05 bits per heavy atom. The molecule has 1 aromatic carbocycles. The fourth-order valence-corrected chi connectivity index (χ4v) is 3.43. The number of nitrogens with one attached hydrogen (secondary N) is 1. The van der Waals surface area contributed by atoms with E-state index in [-0.39, 0.29) is 6.04 Å². The monoisotopic (exact) mass is 275 g/mol. The van der Waals surface area contributed by atoms with E-state index >= 15 is 0 Å². The molecule has 0 fully saturated rings. The predicted molar refractivity (Wildman–Crippen MR) is 81.9 cm³/mol. The first-order chi connectivity index (χ1) is 8.97. The van der Waals surface area contributed by atoms with Gasteiger partial charge in [0, 0.05) is 21.8 Å². The smallest absolute Gasteiger partial charge is 0.115 e. The Morgan fingerprint density at radius 2 is 1.68 bits per heavy atom. The van der Waals surface area contributed by atoms with Crippen LogP contribution in [0.2, 0.25) is 0 Å². The van der Waals surface area contributed by atoms with Gasteiger partial charge in [0.05, 0.1) is 0 Å². The molecule has 0 saturated carbocycles. The van der Waals surface area contributed by atoms with Gasteiger partial charge in [-0.15, -0.1) is 11.3 Å². The lowest BCUT2D eigenvalue weighted by atomic mass is 10.0. The van der Waals surface area contributed by atoms with Crippen molar-refractivity contribution in [3.63, 3.8) is 0 Å². The third kappa shape index (κ3) is 3.37. The van der Waals surface area contributed by atoms with Gasteiger partial charge >= 0.3 is 0 Å². The number of aryl methyl sites for hydroxylation is 2. The molecule has 2 atom stereocenters. The quantitative estimate of drug-likeness (QED) is 0.862. The SMILES string of the molecule is Cc1cc(C(C)NC(C)c2ccc(O)cc2)c(C)s1. The van der Waals surface area contributed by atoms with E-state index in [0.29, 0.717) is 11.8 Å². The van der Waals surface area contributed by atoms with Gasteiger partial charge in [-0.2, -0.15) is 0 Å². The van der Waals surface area contributed by atoms with E-state index in [9.17, 15) is 5.11 Å². The fourth-order valence-electron chi connectivity index (χ4n) is 2.40. The van der Waals surface area contributed by atoms with Crippen LogP contribution in [0, 0.1) is 13.8 Å². The summed E-state index contributed by atoms with van der Waals surface area (Å²) >= 11 is 1.85. The summed E-state index contributed by atoms with van der Waals surface area (Å²) in [4.78, 5) is 2.74. The molecule has 0 aliphatic rings. The highest BCUT2D eigenvalue weighted by molar-refractivity contribution is 7.12. The van der Waals surface area contributed by atoms with E-state index in [0.717, 1.165) is 0 Å². The van der Waals surface area contributed by atoms with Crippen LogP contribution in [0.4, 0.5) is 0 Å². The number of phenolic OH excluding ortho intramolecular Hbond substituents is 1. The van der Waals surface area contributed by atoms with Crippen molar-refractivity contribution in [3.05, 3.63) is 51.2 Å².